The number of hydrogen-bond acceptors (Lipinski definition) is 7. The molecule has 0 aliphatic heterocycles. The monoisotopic (exact) mass is 520 g/mol. The molecule has 0 saturated carbocycles. The first-order chi connectivity index (χ1) is 17.7. The average Bonchev–Trinajstić information content (AvgIpc) is 2.88. The fourth-order valence-electron chi connectivity index (χ4n) is 3.20. The number of rotatable bonds is 30. The highest BCUT2D eigenvalue weighted by Gasteiger charge is 2.16. The van der Waals surface area contributed by atoms with Gasteiger partial charge in [-0.05, 0) is 32.1 Å². The largest absolute Gasteiger partial charge is 0.379 e. The van der Waals surface area contributed by atoms with Crippen molar-refractivity contribution in [3.8, 4) is 0 Å². The molecular weight excluding hydrogens is 460 g/mol. The lowest BCUT2D eigenvalue weighted by atomic mass is 10.3. The normalized spacial score (nSPS) is 14.2. The van der Waals surface area contributed by atoms with Gasteiger partial charge < -0.3 is 33.2 Å². The fraction of sp³-hybridized carbons (Fsp3) is 1.00. The van der Waals surface area contributed by atoms with Gasteiger partial charge in [0.15, 0.2) is 0 Å². The van der Waals surface area contributed by atoms with E-state index in [4.69, 9.17) is 33.2 Å². The fourth-order valence-corrected chi connectivity index (χ4v) is 3.20. The lowest BCUT2D eigenvalue weighted by molar-refractivity contribution is -0.109. The third-order valence-electron chi connectivity index (χ3n) is 5.66. The molecule has 0 bridgehead atoms. The van der Waals surface area contributed by atoms with Gasteiger partial charge in [0.2, 0.25) is 0 Å². The van der Waals surface area contributed by atoms with Crippen molar-refractivity contribution in [2.24, 2.45) is 0 Å². The predicted molar refractivity (Wildman–Crippen MR) is 147 cm³/mol. The van der Waals surface area contributed by atoms with Crippen molar-refractivity contribution in [3.05, 3.63) is 0 Å². The van der Waals surface area contributed by atoms with Crippen LogP contribution in [0.1, 0.15) is 98.8 Å². The van der Waals surface area contributed by atoms with Crippen molar-refractivity contribution in [2.75, 3.05) is 72.7 Å². The standard InChI is InChI=1S/C29H60O7/c1-6-11-16-30-21-27(34-18-13-8-3)23-32-25-29(36-20-15-10-5)26-33-24-28(35-19-14-9-4)22-31-17-12-7-2/h27-29H,6-26H2,1-5H3. The minimum atomic E-state index is -0.119. The lowest BCUT2D eigenvalue weighted by Gasteiger charge is -2.23. The van der Waals surface area contributed by atoms with Gasteiger partial charge in [-0.3, -0.25) is 0 Å². The molecule has 0 aromatic rings. The molecule has 0 radical (unpaired) electrons. The second-order valence-electron chi connectivity index (χ2n) is 9.47. The average molecular weight is 521 g/mol. The molecule has 0 aromatic carbocycles. The Morgan fingerprint density at radius 3 is 0.861 bits per heavy atom. The summed E-state index contributed by atoms with van der Waals surface area (Å²) in [6.07, 6.45) is 10.6. The summed E-state index contributed by atoms with van der Waals surface area (Å²) in [5.41, 5.74) is 0. The van der Waals surface area contributed by atoms with Crippen molar-refractivity contribution in [3.63, 3.8) is 0 Å². The highest BCUT2D eigenvalue weighted by molar-refractivity contribution is 4.62. The Hall–Kier alpha value is -0.280. The second kappa shape index (κ2) is 29.3. The smallest absolute Gasteiger partial charge is 0.104 e. The van der Waals surface area contributed by atoms with Crippen molar-refractivity contribution >= 4 is 0 Å². The van der Waals surface area contributed by atoms with Crippen LogP contribution in [0.2, 0.25) is 0 Å². The van der Waals surface area contributed by atoms with Crippen LogP contribution in [0.15, 0.2) is 0 Å². The summed E-state index contributed by atoms with van der Waals surface area (Å²) in [6, 6.07) is 0. The molecule has 0 aromatic heterocycles. The number of hydrogen-bond donors (Lipinski definition) is 0. The van der Waals surface area contributed by atoms with E-state index < -0.39 is 0 Å². The van der Waals surface area contributed by atoms with E-state index in [1.54, 1.807) is 0 Å². The summed E-state index contributed by atoms with van der Waals surface area (Å²) in [5.74, 6) is 0. The summed E-state index contributed by atoms with van der Waals surface area (Å²) in [4.78, 5) is 0. The van der Waals surface area contributed by atoms with Gasteiger partial charge in [0, 0.05) is 33.0 Å². The number of unbranched alkanes of at least 4 members (excludes halogenated alkanes) is 5. The molecule has 0 rings (SSSR count). The SMILES string of the molecule is CCCCOCC(COCC(COCC(COCCCC)OCCCC)OCCCC)OCCCC. The van der Waals surface area contributed by atoms with E-state index in [1.807, 2.05) is 0 Å². The molecule has 0 N–H and O–H groups in total. The van der Waals surface area contributed by atoms with Crippen LogP contribution in [-0.4, -0.2) is 91.0 Å². The molecular formula is C29H60O7. The minimum Gasteiger partial charge on any atom is -0.379 e. The molecule has 7 nitrogen and oxygen atoms in total. The predicted octanol–water partition coefficient (Wildman–Crippen LogP) is 6.21. The highest BCUT2D eigenvalue weighted by atomic mass is 16.6. The van der Waals surface area contributed by atoms with Crippen molar-refractivity contribution in [1.29, 1.82) is 0 Å². The van der Waals surface area contributed by atoms with Crippen molar-refractivity contribution in [2.45, 2.75) is 117 Å². The van der Waals surface area contributed by atoms with Gasteiger partial charge in [-0.1, -0.05) is 66.7 Å². The van der Waals surface area contributed by atoms with Crippen LogP contribution in [0.25, 0.3) is 0 Å². The maximum absolute atomic E-state index is 6.08. The van der Waals surface area contributed by atoms with Crippen LogP contribution >= 0.6 is 0 Å². The Morgan fingerprint density at radius 1 is 0.333 bits per heavy atom. The minimum absolute atomic E-state index is 0.0535. The van der Waals surface area contributed by atoms with Crippen molar-refractivity contribution in [1.82, 2.24) is 0 Å². The van der Waals surface area contributed by atoms with Gasteiger partial charge >= 0.3 is 0 Å². The first kappa shape index (κ1) is 35.7. The quantitative estimate of drug-likeness (QED) is 0.104. The van der Waals surface area contributed by atoms with Crippen LogP contribution in [0, 0.1) is 0 Å². The maximum Gasteiger partial charge on any atom is 0.104 e. The zero-order valence-electron chi connectivity index (χ0n) is 24.4. The summed E-state index contributed by atoms with van der Waals surface area (Å²) in [6.45, 7) is 17.6. The zero-order valence-corrected chi connectivity index (χ0v) is 24.4. The maximum atomic E-state index is 6.08. The Morgan fingerprint density at radius 2 is 0.583 bits per heavy atom. The van der Waals surface area contributed by atoms with Gasteiger partial charge in [0.25, 0.3) is 0 Å². The van der Waals surface area contributed by atoms with Gasteiger partial charge in [-0.2, -0.15) is 0 Å². The molecule has 0 amide bonds. The van der Waals surface area contributed by atoms with Gasteiger partial charge in [-0.25, -0.2) is 0 Å². The van der Waals surface area contributed by atoms with Crippen LogP contribution < -0.4 is 0 Å². The number of ether oxygens (including phenoxy) is 7. The second-order valence-corrected chi connectivity index (χ2v) is 9.47. The molecule has 0 fully saturated rings. The molecule has 0 saturated heterocycles. The first-order valence-electron chi connectivity index (χ1n) is 14.9. The van der Waals surface area contributed by atoms with Crippen LogP contribution in [0.4, 0.5) is 0 Å². The van der Waals surface area contributed by atoms with Crippen LogP contribution in [0.5, 0.6) is 0 Å². The van der Waals surface area contributed by atoms with E-state index in [2.05, 4.69) is 34.6 Å². The molecule has 2 unspecified atom stereocenters. The van der Waals surface area contributed by atoms with Crippen LogP contribution in [0.3, 0.4) is 0 Å². The lowest BCUT2D eigenvalue weighted by Crippen LogP contribution is -2.33. The van der Waals surface area contributed by atoms with Gasteiger partial charge in [0.05, 0.1) is 39.6 Å². The topological polar surface area (TPSA) is 64.6 Å². The van der Waals surface area contributed by atoms with E-state index in [9.17, 15) is 0 Å². The first-order valence-corrected chi connectivity index (χ1v) is 14.9. The molecule has 0 heterocycles. The molecule has 0 aliphatic carbocycles. The van der Waals surface area contributed by atoms with E-state index in [1.165, 1.54) is 0 Å². The Balaban J connectivity index is 4.58. The van der Waals surface area contributed by atoms with Crippen LogP contribution in [-0.2, 0) is 33.2 Å². The molecule has 7 heteroatoms. The van der Waals surface area contributed by atoms with Crippen molar-refractivity contribution < 1.29 is 33.2 Å². The summed E-state index contributed by atoms with van der Waals surface area (Å²) in [7, 11) is 0. The Kier molecular flexibility index (Phi) is 29.1. The Bertz CT molecular complexity index is 379. The van der Waals surface area contributed by atoms with E-state index >= 15 is 0 Å². The zero-order chi connectivity index (χ0) is 26.5. The summed E-state index contributed by atoms with van der Waals surface area (Å²) < 4.78 is 41.8. The molecule has 0 aliphatic rings. The molecule has 36 heavy (non-hydrogen) atoms. The van der Waals surface area contributed by atoms with E-state index in [0.29, 0.717) is 46.2 Å². The third-order valence-corrected chi connectivity index (χ3v) is 5.66. The van der Waals surface area contributed by atoms with E-state index in [0.717, 1.165) is 90.6 Å². The van der Waals surface area contributed by atoms with E-state index in [-0.39, 0.29) is 18.3 Å². The van der Waals surface area contributed by atoms with Gasteiger partial charge in [-0.15, -0.1) is 0 Å². The highest BCUT2D eigenvalue weighted by Crippen LogP contribution is 2.05. The Labute approximate surface area is 223 Å². The summed E-state index contributed by atoms with van der Waals surface area (Å²) >= 11 is 0. The molecule has 0 spiro atoms. The molecule has 2 atom stereocenters. The third kappa shape index (κ3) is 24.1. The summed E-state index contributed by atoms with van der Waals surface area (Å²) in [5, 5.41) is 0. The van der Waals surface area contributed by atoms with Gasteiger partial charge in [0.1, 0.15) is 18.3 Å². The molecule has 218 valence electrons.